The highest BCUT2D eigenvalue weighted by Crippen LogP contribution is 2.32. The lowest BCUT2D eigenvalue weighted by atomic mass is 10.2. The van der Waals surface area contributed by atoms with Crippen molar-refractivity contribution < 1.29 is 4.74 Å². The fourth-order valence-electron chi connectivity index (χ4n) is 1.18. The Kier molecular flexibility index (Phi) is 2.84. The van der Waals surface area contributed by atoms with Crippen molar-refractivity contribution in [2.45, 2.75) is 31.7 Å². The molecular formula is C10H11Cl2NO. The van der Waals surface area contributed by atoms with Crippen molar-refractivity contribution in [3.63, 3.8) is 0 Å². The van der Waals surface area contributed by atoms with Gasteiger partial charge >= 0.3 is 0 Å². The lowest BCUT2D eigenvalue weighted by molar-refractivity contribution is 0.302. The van der Waals surface area contributed by atoms with E-state index in [9.17, 15) is 0 Å². The molecule has 1 aliphatic rings. The Hall–Kier alpha value is -0.470. The highest BCUT2D eigenvalue weighted by atomic mass is 35.5. The molecule has 0 spiro atoms. The quantitative estimate of drug-likeness (QED) is 0.589. The van der Waals surface area contributed by atoms with Crippen molar-refractivity contribution in [2.24, 2.45) is 0 Å². The van der Waals surface area contributed by atoms with Gasteiger partial charge in [-0.1, -0.05) is 11.6 Å². The summed E-state index contributed by atoms with van der Waals surface area (Å²) in [6.45, 7) is 1.89. The van der Waals surface area contributed by atoms with Crippen LogP contribution in [0, 0.1) is 6.92 Å². The van der Waals surface area contributed by atoms with Crippen molar-refractivity contribution >= 4 is 23.2 Å². The van der Waals surface area contributed by atoms with Gasteiger partial charge in [-0.05, 0) is 31.4 Å². The molecule has 0 N–H and O–H groups in total. The Balaban J connectivity index is 2.27. The van der Waals surface area contributed by atoms with Gasteiger partial charge in [-0.2, -0.15) is 0 Å². The predicted molar refractivity (Wildman–Crippen MR) is 57.2 cm³/mol. The highest BCUT2D eigenvalue weighted by molar-refractivity contribution is 6.30. The average Bonchev–Trinajstić information content (AvgIpc) is 2.93. The van der Waals surface area contributed by atoms with Crippen molar-refractivity contribution in [3.05, 3.63) is 22.5 Å². The highest BCUT2D eigenvalue weighted by Gasteiger charge is 2.25. The molecule has 0 aliphatic heterocycles. The molecule has 14 heavy (non-hydrogen) atoms. The summed E-state index contributed by atoms with van der Waals surface area (Å²) in [5, 5.41) is 0.434. The summed E-state index contributed by atoms with van der Waals surface area (Å²) in [4.78, 5) is 4.18. The number of pyridine rings is 1. The van der Waals surface area contributed by atoms with Crippen LogP contribution in [0.5, 0.6) is 5.75 Å². The zero-order valence-corrected chi connectivity index (χ0v) is 9.40. The molecule has 2 rings (SSSR count). The fraction of sp³-hybridized carbons (Fsp3) is 0.500. The lowest BCUT2D eigenvalue weighted by Crippen LogP contribution is -2.00. The molecule has 0 aromatic carbocycles. The third-order valence-electron chi connectivity index (χ3n) is 2.20. The third-order valence-corrected chi connectivity index (χ3v) is 2.76. The molecule has 1 aromatic rings. The van der Waals surface area contributed by atoms with E-state index in [4.69, 9.17) is 27.9 Å². The minimum atomic E-state index is 0.334. The van der Waals surface area contributed by atoms with E-state index in [-0.39, 0.29) is 0 Å². The van der Waals surface area contributed by atoms with E-state index in [2.05, 4.69) is 4.98 Å². The van der Waals surface area contributed by atoms with E-state index >= 15 is 0 Å². The van der Waals surface area contributed by atoms with Gasteiger partial charge in [0.1, 0.15) is 0 Å². The number of nitrogens with zero attached hydrogens (tertiary/aromatic N) is 1. The van der Waals surface area contributed by atoms with Crippen LogP contribution in [0.2, 0.25) is 5.15 Å². The lowest BCUT2D eigenvalue weighted by Gasteiger charge is -2.09. The van der Waals surface area contributed by atoms with E-state index in [1.54, 1.807) is 0 Å². The second-order valence-corrected chi connectivity index (χ2v) is 4.10. The summed E-state index contributed by atoms with van der Waals surface area (Å²) < 4.78 is 5.60. The zero-order valence-electron chi connectivity index (χ0n) is 7.89. The number of aromatic nitrogens is 1. The van der Waals surface area contributed by atoms with Crippen LogP contribution in [0.15, 0.2) is 6.07 Å². The van der Waals surface area contributed by atoms with Crippen LogP contribution < -0.4 is 4.74 Å². The van der Waals surface area contributed by atoms with Crippen LogP contribution in [0.4, 0.5) is 0 Å². The molecule has 1 aromatic heterocycles. The van der Waals surface area contributed by atoms with E-state index in [1.165, 1.54) is 0 Å². The standard InChI is InChI=1S/C10H11Cl2NO/c1-6-7(5-11)4-9(10(12)13-6)14-8-2-3-8/h4,8H,2-3,5H2,1H3. The molecule has 1 heterocycles. The molecule has 0 atom stereocenters. The Morgan fingerprint density at radius 3 is 2.86 bits per heavy atom. The maximum atomic E-state index is 5.95. The van der Waals surface area contributed by atoms with E-state index in [1.807, 2.05) is 13.0 Å². The van der Waals surface area contributed by atoms with Crippen LogP contribution in [-0.4, -0.2) is 11.1 Å². The number of hydrogen-bond donors (Lipinski definition) is 0. The largest absolute Gasteiger partial charge is 0.487 e. The fourth-order valence-corrected chi connectivity index (χ4v) is 1.68. The Labute approximate surface area is 93.2 Å². The SMILES string of the molecule is Cc1nc(Cl)c(OC2CC2)cc1CCl. The van der Waals surface area contributed by atoms with Crippen LogP contribution in [0.25, 0.3) is 0 Å². The third kappa shape index (κ3) is 2.12. The molecular weight excluding hydrogens is 221 g/mol. The van der Waals surface area contributed by atoms with E-state index < -0.39 is 0 Å². The van der Waals surface area contributed by atoms with Gasteiger partial charge in [0.15, 0.2) is 10.9 Å². The van der Waals surface area contributed by atoms with Crippen molar-refractivity contribution in [2.75, 3.05) is 0 Å². The topological polar surface area (TPSA) is 22.1 Å². The Morgan fingerprint density at radius 1 is 1.57 bits per heavy atom. The molecule has 0 radical (unpaired) electrons. The molecule has 0 bridgehead atoms. The summed E-state index contributed by atoms with van der Waals surface area (Å²) in [5.74, 6) is 1.10. The van der Waals surface area contributed by atoms with Gasteiger partial charge in [0.25, 0.3) is 0 Å². The maximum absolute atomic E-state index is 5.95. The summed E-state index contributed by atoms with van der Waals surface area (Å²) in [5.41, 5.74) is 1.85. The van der Waals surface area contributed by atoms with Gasteiger partial charge in [0.05, 0.1) is 6.10 Å². The first-order valence-electron chi connectivity index (χ1n) is 4.59. The number of halogens is 2. The maximum Gasteiger partial charge on any atom is 0.171 e. The number of hydrogen-bond acceptors (Lipinski definition) is 2. The van der Waals surface area contributed by atoms with Crippen molar-refractivity contribution in [1.82, 2.24) is 4.98 Å². The molecule has 0 amide bonds. The van der Waals surface area contributed by atoms with Gasteiger partial charge in [0, 0.05) is 11.6 Å². The van der Waals surface area contributed by atoms with Crippen LogP contribution in [-0.2, 0) is 5.88 Å². The number of rotatable bonds is 3. The average molecular weight is 232 g/mol. The molecule has 0 saturated heterocycles. The van der Waals surface area contributed by atoms with E-state index in [0.717, 1.165) is 24.1 Å². The Bertz CT molecular complexity index is 350. The second-order valence-electron chi connectivity index (χ2n) is 3.47. The van der Waals surface area contributed by atoms with Gasteiger partial charge in [-0.25, -0.2) is 4.98 Å². The van der Waals surface area contributed by atoms with Gasteiger partial charge < -0.3 is 4.74 Å². The van der Waals surface area contributed by atoms with Crippen molar-refractivity contribution in [3.8, 4) is 5.75 Å². The molecule has 2 nitrogen and oxygen atoms in total. The van der Waals surface area contributed by atoms with Crippen LogP contribution in [0.3, 0.4) is 0 Å². The van der Waals surface area contributed by atoms with Crippen LogP contribution in [0.1, 0.15) is 24.1 Å². The first-order valence-corrected chi connectivity index (χ1v) is 5.50. The molecule has 1 aliphatic carbocycles. The Morgan fingerprint density at radius 2 is 2.29 bits per heavy atom. The molecule has 1 saturated carbocycles. The molecule has 0 unspecified atom stereocenters. The van der Waals surface area contributed by atoms with Gasteiger partial charge in [-0.15, -0.1) is 11.6 Å². The monoisotopic (exact) mass is 231 g/mol. The summed E-state index contributed by atoms with van der Waals surface area (Å²) in [6, 6.07) is 1.88. The number of aryl methyl sites for hydroxylation is 1. The van der Waals surface area contributed by atoms with Gasteiger partial charge in [-0.3, -0.25) is 0 Å². The summed E-state index contributed by atoms with van der Waals surface area (Å²) in [6.07, 6.45) is 2.56. The van der Waals surface area contributed by atoms with Crippen LogP contribution >= 0.6 is 23.2 Å². The van der Waals surface area contributed by atoms with E-state index in [0.29, 0.717) is 22.9 Å². The smallest absolute Gasteiger partial charge is 0.171 e. The minimum absolute atomic E-state index is 0.334. The molecule has 4 heteroatoms. The summed E-state index contributed by atoms with van der Waals surface area (Å²) in [7, 11) is 0. The molecule has 76 valence electrons. The second kappa shape index (κ2) is 3.95. The zero-order chi connectivity index (χ0) is 10.1. The van der Waals surface area contributed by atoms with Crippen molar-refractivity contribution in [1.29, 1.82) is 0 Å². The number of alkyl halides is 1. The van der Waals surface area contributed by atoms with Gasteiger partial charge in [0.2, 0.25) is 0 Å². The predicted octanol–water partition coefficient (Wildman–Crippen LogP) is 3.32. The number of ether oxygens (including phenoxy) is 1. The first-order chi connectivity index (χ1) is 6.70. The minimum Gasteiger partial charge on any atom is -0.487 e. The molecule has 1 fully saturated rings. The summed E-state index contributed by atoms with van der Waals surface area (Å²) >= 11 is 11.7. The first kappa shape index (κ1) is 10.1. The normalized spacial score (nSPS) is 15.6.